The Morgan fingerprint density at radius 3 is 2.57 bits per heavy atom. The van der Waals surface area contributed by atoms with Crippen LogP contribution in [0.1, 0.15) is 64.7 Å². The van der Waals surface area contributed by atoms with Crippen LogP contribution in [0.25, 0.3) is 0 Å². The first-order valence-electron chi connectivity index (χ1n) is 8.80. The highest BCUT2D eigenvalue weighted by atomic mass is 16.5. The van der Waals surface area contributed by atoms with E-state index < -0.39 is 5.54 Å². The molecule has 4 heteroatoms. The van der Waals surface area contributed by atoms with Crippen LogP contribution in [-0.2, 0) is 9.53 Å². The van der Waals surface area contributed by atoms with Crippen LogP contribution in [0.2, 0.25) is 0 Å². The molecule has 21 heavy (non-hydrogen) atoms. The fourth-order valence-electron chi connectivity index (χ4n) is 3.90. The molecular formula is C17H30N2O2. The second kappa shape index (κ2) is 6.25. The molecule has 0 amide bonds. The van der Waals surface area contributed by atoms with E-state index in [0.29, 0.717) is 12.1 Å². The van der Waals surface area contributed by atoms with Gasteiger partial charge >= 0.3 is 5.97 Å². The highest BCUT2D eigenvalue weighted by Crippen LogP contribution is 2.41. The molecule has 0 spiro atoms. The Labute approximate surface area is 128 Å². The van der Waals surface area contributed by atoms with E-state index in [4.69, 9.17) is 4.74 Å². The summed E-state index contributed by atoms with van der Waals surface area (Å²) in [7, 11) is 1.53. The van der Waals surface area contributed by atoms with Gasteiger partial charge in [-0.2, -0.15) is 0 Å². The summed E-state index contributed by atoms with van der Waals surface area (Å²) in [5.74, 6) is -0.0388. The number of hydrogen-bond donors (Lipinski definition) is 1. The van der Waals surface area contributed by atoms with Gasteiger partial charge in [-0.25, -0.2) is 0 Å². The first-order valence-corrected chi connectivity index (χ1v) is 8.80. The fraction of sp³-hybridized carbons (Fsp3) is 0.941. The minimum Gasteiger partial charge on any atom is -0.468 e. The van der Waals surface area contributed by atoms with Crippen molar-refractivity contribution in [1.29, 1.82) is 0 Å². The van der Waals surface area contributed by atoms with E-state index in [1.54, 1.807) is 0 Å². The topological polar surface area (TPSA) is 41.6 Å². The lowest BCUT2D eigenvalue weighted by molar-refractivity contribution is -0.148. The highest BCUT2D eigenvalue weighted by molar-refractivity contribution is 5.81. The number of esters is 1. The maximum absolute atomic E-state index is 12.4. The molecule has 4 nitrogen and oxygen atoms in total. The second-order valence-electron chi connectivity index (χ2n) is 7.21. The van der Waals surface area contributed by atoms with Crippen molar-refractivity contribution in [2.24, 2.45) is 0 Å². The summed E-state index contributed by atoms with van der Waals surface area (Å²) in [5, 5.41) is 3.62. The van der Waals surface area contributed by atoms with Crippen molar-refractivity contribution in [3.63, 3.8) is 0 Å². The summed E-state index contributed by atoms with van der Waals surface area (Å²) in [6.45, 7) is 3.46. The molecule has 2 unspecified atom stereocenters. The second-order valence-corrected chi connectivity index (χ2v) is 7.21. The Kier molecular flexibility index (Phi) is 4.55. The Hall–Kier alpha value is -0.610. The van der Waals surface area contributed by atoms with Crippen molar-refractivity contribution in [2.75, 3.05) is 13.7 Å². The predicted octanol–water partition coefficient (Wildman–Crippen LogP) is 2.47. The lowest BCUT2D eigenvalue weighted by Gasteiger charge is -2.32. The molecule has 1 N–H and O–H groups in total. The molecule has 0 radical (unpaired) electrons. The molecule has 3 rings (SSSR count). The molecule has 120 valence electrons. The standard InChI is InChI=1S/C17H30N2O2/c1-3-4-11-19(14-7-8-14)15-9-10-17(12-15,16(20)21-2)18-13-5-6-13/h13-15,18H,3-12H2,1-2H3. The summed E-state index contributed by atoms with van der Waals surface area (Å²) in [4.78, 5) is 15.1. The Bertz CT molecular complexity index is 379. The third kappa shape index (κ3) is 3.42. The molecule has 0 aromatic carbocycles. The molecule has 0 saturated heterocycles. The van der Waals surface area contributed by atoms with Crippen molar-refractivity contribution < 1.29 is 9.53 Å². The summed E-state index contributed by atoms with van der Waals surface area (Å²) >= 11 is 0. The monoisotopic (exact) mass is 294 g/mol. The Morgan fingerprint density at radius 1 is 1.24 bits per heavy atom. The van der Waals surface area contributed by atoms with Crippen LogP contribution in [-0.4, -0.2) is 48.2 Å². The highest BCUT2D eigenvalue weighted by Gasteiger charge is 2.51. The number of nitrogens with zero attached hydrogens (tertiary/aromatic N) is 1. The largest absolute Gasteiger partial charge is 0.468 e. The van der Waals surface area contributed by atoms with Gasteiger partial charge in [-0.3, -0.25) is 15.0 Å². The smallest absolute Gasteiger partial charge is 0.326 e. The third-order valence-corrected chi connectivity index (χ3v) is 5.38. The van der Waals surface area contributed by atoms with Gasteiger partial charge in [-0.15, -0.1) is 0 Å². The predicted molar refractivity (Wildman–Crippen MR) is 83.2 cm³/mol. The first kappa shape index (κ1) is 15.3. The van der Waals surface area contributed by atoms with E-state index in [1.807, 2.05) is 0 Å². The number of ether oxygens (including phenoxy) is 1. The molecule has 3 saturated carbocycles. The SMILES string of the molecule is CCCCN(C1CC1)C1CCC(NC2CC2)(C(=O)OC)C1. The van der Waals surface area contributed by atoms with Gasteiger partial charge in [0.25, 0.3) is 0 Å². The molecule has 3 aliphatic carbocycles. The van der Waals surface area contributed by atoms with Crippen molar-refractivity contribution in [3.8, 4) is 0 Å². The molecule has 2 atom stereocenters. The van der Waals surface area contributed by atoms with Gasteiger partial charge in [-0.1, -0.05) is 13.3 Å². The van der Waals surface area contributed by atoms with E-state index in [-0.39, 0.29) is 5.97 Å². The van der Waals surface area contributed by atoms with Gasteiger partial charge in [0.05, 0.1) is 7.11 Å². The van der Waals surface area contributed by atoms with Gasteiger partial charge in [0.2, 0.25) is 0 Å². The number of unbranched alkanes of at least 4 members (excludes halogenated alkanes) is 1. The number of carbonyl (C=O) groups is 1. The summed E-state index contributed by atoms with van der Waals surface area (Å²) in [6, 6.07) is 1.90. The van der Waals surface area contributed by atoms with Crippen molar-refractivity contribution >= 4 is 5.97 Å². The normalized spacial score (nSPS) is 32.6. The van der Waals surface area contributed by atoms with Gasteiger partial charge < -0.3 is 4.74 Å². The number of hydrogen-bond acceptors (Lipinski definition) is 4. The van der Waals surface area contributed by atoms with Gasteiger partial charge in [0.1, 0.15) is 5.54 Å². The average molecular weight is 294 g/mol. The molecule has 3 fully saturated rings. The molecule has 0 aromatic heterocycles. The summed E-state index contributed by atoms with van der Waals surface area (Å²) in [5.41, 5.74) is -0.403. The minimum atomic E-state index is -0.403. The van der Waals surface area contributed by atoms with Crippen LogP contribution in [0.15, 0.2) is 0 Å². The fourth-order valence-corrected chi connectivity index (χ4v) is 3.90. The molecule has 0 aliphatic heterocycles. The van der Waals surface area contributed by atoms with Gasteiger partial charge in [-0.05, 0) is 57.9 Å². The van der Waals surface area contributed by atoms with E-state index in [9.17, 15) is 4.79 Å². The minimum absolute atomic E-state index is 0.0388. The maximum Gasteiger partial charge on any atom is 0.326 e. The summed E-state index contributed by atoms with van der Waals surface area (Å²) in [6.07, 6.45) is 10.7. The molecular weight excluding hydrogens is 264 g/mol. The lowest BCUT2D eigenvalue weighted by Crippen LogP contribution is -2.53. The average Bonchev–Trinajstić information content (AvgIpc) is 3.39. The number of methoxy groups -OCH3 is 1. The maximum atomic E-state index is 12.4. The third-order valence-electron chi connectivity index (χ3n) is 5.38. The van der Waals surface area contributed by atoms with Crippen LogP contribution < -0.4 is 5.32 Å². The molecule has 0 bridgehead atoms. The van der Waals surface area contributed by atoms with Crippen LogP contribution in [0, 0.1) is 0 Å². The van der Waals surface area contributed by atoms with Crippen LogP contribution in [0.5, 0.6) is 0 Å². The molecule has 0 aromatic rings. The van der Waals surface area contributed by atoms with Gasteiger partial charge in [0, 0.05) is 18.1 Å². The lowest BCUT2D eigenvalue weighted by atomic mass is 9.96. The Balaban J connectivity index is 1.66. The number of nitrogens with one attached hydrogen (secondary N) is 1. The van der Waals surface area contributed by atoms with Crippen LogP contribution >= 0.6 is 0 Å². The van der Waals surface area contributed by atoms with Crippen LogP contribution in [0.3, 0.4) is 0 Å². The number of carbonyl (C=O) groups excluding carboxylic acids is 1. The quantitative estimate of drug-likeness (QED) is 0.698. The van der Waals surface area contributed by atoms with Crippen molar-refractivity contribution in [1.82, 2.24) is 10.2 Å². The zero-order valence-corrected chi connectivity index (χ0v) is 13.6. The van der Waals surface area contributed by atoms with E-state index >= 15 is 0 Å². The molecule has 0 heterocycles. The van der Waals surface area contributed by atoms with E-state index in [0.717, 1.165) is 25.3 Å². The van der Waals surface area contributed by atoms with Crippen LogP contribution in [0.4, 0.5) is 0 Å². The molecule has 3 aliphatic rings. The van der Waals surface area contributed by atoms with Gasteiger partial charge in [0.15, 0.2) is 0 Å². The number of rotatable bonds is 8. The van der Waals surface area contributed by atoms with Crippen molar-refractivity contribution in [3.05, 3.63) is 0 Å². The Morgan fingerprint density at radius 2 is 2.00 bits per heavy atom. The summed E-state index contributed by atoms with van der Waals surface area (Å²) < 4.78 is 5.13. The first-order chi connectivity index (χ1) is 10.2. The van der Waals surface area contributed by atoms with Crippen molar-refractivity contribution in [2.45, 2.75) is 88.4 Å². The zero-order valence-electron chi connectivity index (χ0n) is 13.6. The zero-order chi connectivity index (χ0) is 14.9. The van der Waals surface area contributed by atoms with E-state index in [2.05, 4.69) is 17.1 Å². The van der Waals surface area contributed by atoms with E-state index in [1.165, 1.54) is 52.2 Å².